The van der Waals surface area contributed by atoms with E-state index in [0.29, 0.717) is 37.8 Å². The molecule has 4 nitrogen and oxygen atoms in total. The Balaban J connectivity index is 1.90. The van der Waals surface area contributed by atoms with Crippen LogP contribution in [0.15, 0.2) is 66.7 Å². The molecule has 0 spiro atoms. The van der Waals surface area contributed by atoms with E-state index >= 15 is 0 Å². The first-order valence-electron chi connectivity index (χ1n) is 12.0. The predicted octanol–water partition coefficient (Wildman–Crippen LogP) is 8.09. The lowest BCUT2D eigenvalue weighted by atomic mass is 10.0. The first kappa shape index (κ1) is 30.6. The lowest BCUT2D eigenvalue weighted by Gasteiger charge is -2.34. The Kier molecular flexibility index (Phi) is 11.3. The number of hydrogen-bond donors (Lipinski definition) is 1. The van der Waals surface area contributed by atoms with E-state index in [-0.39, 0.29) is 24.1 Å². The van der Waals surface area contributed by atoms with Crippen molar-refractivity contribution in [2.75, 3.05) is 5.75 Å². The molecule has 3 aromatic rings. The Hall–Kier alpha value is -1.89. The standard InChI is InChI=1S/C29H30Cl4N2O2S/c1-29(2,3)34-28(37)26(14-19-7-5-4-6-8-19)35(16-21-10-11-22(30)15-24(21)32)27(36)18-38-17-20-9-12-23(31)25(33)13-20/h4-13,15,26H,14,16-18H2,1-3H3,(H,34,37)/t26-/m0/s1. The average molecular weight is 612 g/mol. The largest absolute Gasteiger partial charge is 0.350 e. The highest BCUT2D eigenvalue weighted by Crippen LogP contribution is 2.27. The summed E-state index contributed by atoms with van der Waals surface area (Å²) in [6.45, 7) is 5.91. The molecule has 0 radical (unpaired) electrons. The second-order valence-electron chi connectivity index (χ2n) is 9.94. The predicted molar refractivity (Wildman–Crippen MR) is 161 cm³/mol. The zero-order valence-corrected chi connectivity index (χ0v) is 25.3. The maximum atomic E-state index is 13.7. The van der Waals surface area contributed by atoms with Gasteiger partial charge in [0.15, 0.2) is 0 Å². The third kappa shape index (κ3) is 9.39. The number of nitrogens with one attached hydrogen (secondary N) is 1. The Bertz CT molecular complexity index is 1270. The zero-order chi connectivity index (χ0) is 27.9. The topological polar surface area (TPSA) is 49.4 Å². The van der Waals surface area contributed by atoms with Crippen LogP contribution in [0.25, 0.3) is 0 Å². The van der Waals surface area contributed by atoms with Crippen LogP contribution in [-0.4, -0.2) is 34.0 Å². The molecule has 0 heterocycles. The number of hydrogen-bond acceptors (Lipinski definition) is 3. The van der Waals surface area contributed by atoms with Gasteiger partial charge in [0.05, 0.1) is 15.8 Å². The van der Waals surface area contributed by atoms with E-state index in [1.807, 2.05) is 57.2 Å². The molecule has 0 aliphatic carbocycles. The minimum atomic E-state index is -0.749. The van der Waals surface area contributed by atoms with Crippen molar-refractivity contribution in [1.29, 1.82) is 0 Å². The van der Waals surface area contributed by atoms with Gasteiger partial charge in [-0.15, -0.1) is 11.8 Å². The highest BCUT2D eigenvalue weighted by atomic mass is 35.5. The van der Waals surface area contributed by atoms with Gasteiger partial charge < -0.3 is 10.2 Å². The molecule has 0 aliphatic rings. The number of amides is 2. The van der Waals surface area contributed by atoms with Gasteiger partial charge in [0, 0.05) is 34.3 Å². The summed E-state index contributed by atoms with van der Waals surface area (Å²) in [4.78, 5) is 29.0. The number of thioether (sulfide) groups is 1. The van der Waals surface area contributed by atoms with Gasteiger partial charge in [-0.3, -0.25) is 9.59 Å². The molecule has 202 valence electrons. The van der Waals surface area contributed by atoms with Gasteiger partial charge in [-0.2, -0.15) is 0 Å². The third-order valence-electron chi connectivity index (χ3n) is 5.60. The van der Waals surface area contributed by atoms with Crippen molar-refractivity contribution in [3.63, 3.8) is 0 Å². The van der Waals surface area contributed by atoms with Gasteiger partial charge in [0.2, 0.25) is 11.8 Å². The van der Waals surface area contributed by atoms with E-state index < -0.39 is 11.6 Å². The maximum absolute atomic E-state index is 13.7. The lowest BCUT2D eigenvalue weighted by Crippen LogP contribution is -2.54. The Morgan fingerprint density at radius 3 is 2.21 bits per heavy atom. The molecule has 0 aromatic heterocycles. The molecule has 3 aromatic carbocycles. The summed E-state index contributed by atoms with van der Waals surface area (Å²) < 4.78 is 0. The molecule has 3 rings (SSSR count). The van der Waals surface area contributed by atoms with Gasteiger partial charge in [-0.1, -0.05) is 88.9 Å². The van der Waals surface area contributed by atoms with E-state index in [1.165, 1.54) is 11.8 Å². The molecule has 1 N–H and O–H groups in total. The fourth-order valence-electron chi connectivity index (χ4n) is 3.81. The number of nitrogens with zero attached hydrogens (tertiary/aromatic N) is 1. The van der Waals surface area contributed by atoms with Crippen molar-refractivity contribution in [3.05, 3.63) is 104 Å². The minimum Gasteiger partial charge on any atom is -0.350 e. The molecule has 2 amide bonds. The van der Waals surface area contributed by atoms with Crippen LogP contribution in [0.1, 0.15) is 37.5 Å². The highest BCUT2D eigenvalue weighted by molar-refractivity contribution is 7.99. The lowest BCUT2D eigenvalue weighted by molar-refractivity contribution is -0.140. The van der Waals surface area contributed by atoms with Crippen LogP contribution in [0.5, 0.6) is 0 Å². The first-order chi connectivity index (χ1) is 17.9. The van der Waals surface area contributed by atoms with Gasteiger partial charge in [-0.05, 0) is 61.7 Å². The summed E-state index contributed by atoms with van der Waals surface area (Å²) in [6, 6.07) is 19.5. The van der Waals surface area contributed by atoms with E-state index in [4.69, 9.17) is 46.4 Å². The van der Waals surface area contributed by atoms with Crippen LogP contribution < -0.4 is 5.32 Å². The number of halogens is 4. The number of carbonyl (C=O) groups excluding carboxylic acids is 2. The van der Waals surface area contributed by atoms with Crippen molar-refractivity contribution in [3.8, 4) is 0 Å². The fourth-order valence-corrected chi connectivity index (χ4v) is 5.46. The van der Waals surface area contributed by atoms with Crippen LogP contribution in [-0.2, 0) is 28.3 Å². The quantitative estimate of drug-likeness (QED) is 0.252. The smallest absolute Gasteiger partial charge is 0.243 e. The van der Waals surface area contributed by atoms with Crippen molar-refractivity contribution in [2.45, 2.75) is 51.1 Å². The molecule has 38 heavy (non-hydrogen) atoms. The van der Waals surface area contributed by atoms with Gasteiger partial charge >= 0.3 is 0 Å². The van der Waals surface area contributed by atoms with Gasteiger partial charge in [0.25, 0.3) is 0 Å². The summed E-state index contributed by atoms with van der Waals surface area (Å²) in [7, 11) is 0. The molecule has 0 saturated heterocycles. The van der Waals surface area contributed by atoms with Crippen LogP contribution in [0.2, 0.25) is 20.1 Å². The summed E-state index contributed by atoms with van der Waals surface area (Å²) in [5.74, 6) is 0.329. The minimum absolute atomic E-state index is 0.164. The number of rotatable bonds is 10. The van der Waals surface area contributed by atoms with Gasteiger partial charge in [0.1, 0.15) is 6.04 Å². The van der Waals surface area contributed by atoms with Crippen molar-refractivity contribution >= 4 is 70.0 Å². The van der Waals surface area contributed by atoms with Crippen LogP contribution in [0.3, 0.4) is 0 Å². The van der Waals surface area contributed by atoms with Crippen molar-refractivity contribution in [1.82, 2.24) is 10.2 Å². The van der Waals surface area contributed by atoms with Crippen LogP contribution in [0.4, 0.5) is 0 Å². The Labute approximate surface area is 249 Å². The second-order valence-corrected chi connectivity index (χ2v) is 12.6. The molecule has 0 saturated carbocycles. The third-order valence-corrected chi connectivity index (χ3v) is 7.92. The summed E-state index contributed by atoms with van der Waals surface area (Å²) >= 11 is 26.2. The second kappa shape index (κ2) is 14.0. The Morgan fingerprint density at radius 2 is 1.58 bits per heavy atom. The van der Waals surface area contributed by atoms with E-state index in [2.05, 4.69) is 5.32 Å². The van der Waals surface area contributed by atoms with Crippen LogP contribution in [0, 0.1) is 0 Å². The molecule has 0 bridgehead atoms. The monoisotopic (exact) mass is 610 g/mol. The Morgan fingerprint density at radius 1 is 0.868 bits per heavy atom. The van der Waals surface area contributed by atoms with E-state index in [1.54, 1.807) is 35.2 Å². The first-order valence-corrected chi connectivity index (χ1v) is 14.7. The SMILES string of the molecule is CC(C)(C)NC(=O)[C@H](Cc1ccccc1)N(Cc1ccc(Cl)cc1Cl)C(=O)CSCc1ccc(Cl)c(Cl)c1. The van der Waals surface area contributed by atoms with Crippen molar-refractivity contribution < 1.29 is 9.59 Å². The van der Waals surface area contributed by atoms with Crippen LogP contribution >= 0.6 is 58.2 Å². The summed E-state index contributed by atoms with van der Waals surface area (Å²) in [5, 5.41) is 4.95. The molecule has 0 fully saturated rings. The fraction of sp³-hybridized carbons (Fsp3) is 0.310. The molecule has 0 aliphatic heterocycles. The molecular formula is C29H30Cl4N2O2S. The van der Waals surface area contributed by atoms with E-state index in [0.717, 1.165) is 11.1 Å². The summed E-state index contributed by atoms with van der Waals surface area (Å²) in [5.41, 5.74) is 2.14. The van der Waals surface area contributed by atoms with Crippen molar-refractivity contribution in [2.24, 2.45) is 0 Å². The number of carbonyl (C=O) groups is 2. The van der Waals surface area contributed by atoms with Gasteiger partial charge in [-0.25, -0.2) is 0 Å². The van der Waals surface area contributed by atoms with E-state index in [9.17, 15) is 9.59 Å². The number of benzene rings is 3. The average Bonchev–Trinajstić information content (AvgIpc) is 2.84. The zero-order valence-electron chi connectivity index (χ0n) is 21.4. The maximum Gasteiger partial charge on any atom is 0.243 e. The molecule has 9 heteroatoms. The molecular weight excluding hydrogens is 582 g/mol. The molecule has 1 atom stereocenters. The molecule has 0 unspecified atom stereocenters. The highest BCUT2D eigenvalue weighted by Gasteiger charge is 2.32. The summed E-state index contributed by atoms with van der Waals surface area (Å²) in [6.07, 6.45) is 0.358. The normalized spacial score (nSPS) is 12.2.